The maximum atomic E-state index is 5.49. The number of anilines is 1. The molecule has 0 fully saturated rings. The lowest BCUT2D eigenvalue weighted by atomic mass is 10.2. The second-order valence-corrected chi connectivity index (χ2v) is 2.97. The summed E-state index contributed by atoms with van der Waals surface area (Å²) < 4.78 is 0. The van der Waals surface area contributed by atoms with Gasteiger partial charge in [0.05, 0.1) is 11.9 Å². The molecule has 0 aliphatic carbocycles. The number of nitrogens with zero attached hydrogens (tertiary/aromatic N) is 1. The van der Waals surface area contributed by atoms with Gasteiger partial charge in [0.25, 0.3) is 0 Å². The van der Waals surface area contributed by atoms with Gasteiger partial charge in [0.2, 0.25) is 0 Å². The van der Waals surface area contributed by atoms with Crippen LogP contribution in [0.1, 0.15) is 12.5 Å². The van der Waals surface area contributed by atoms with Gasteiger partial charge in [0, 0.05) is 18.8 Å². The zero-order valence-electron chi connectivity index (χ0n) is 7.54. The Morgan fingerprint density at radius 1 is 1.67 bits per heavy atom. The molecule has 12 heavy (non-hydrogen) atoms. The Hall–Kier alpha value is -1.09. The van der Waals surface area contributed by atoms with Crippen molar-refractivity contribution in [1.29, 1.82) is 0 Å². The fourth-order valence-corrected chi connectivity index (χ4v) is 0.939. The summed E-state index contributed by atoms with van der Waals surface area (Å²) in [5, 5.41) is 3.27. The van der Waals surface area contributed by atoms with Crippen molar-refractivity contribution in [3.8, 4) is 0 Å². The Kier molecular flexibility index (Phi) is 3.05. The van der Waals surface area contributed by atoms with Crippen LogP contribution in [0.3, 0.4) is 0 Å². The summed E-state index contributed by atoms with van der Waals surface area (Å²) in [6.45, 7) is 4.73. The van der Waals surface area contributed by atoms with Crippen LogP contribution in [0.5, 0.6) is 0 Å². The number of nitrogens with one attached hydrogen (secondary N) is 1. The van der Waals surface area contributed by atoms with Gasteiger partial charge in [-0.3, -0.25) is 4.98 Å². The molecule has 3 N–H and O–H groups in total. The predicted molar refractivity (Wildman–Crippen MR) is 51.1 cm³/mol. The van der Waals surface area contributed by atoms with Crippen molar-refractivity contribution in [3.05, 3.63) is 24.0 Å². The van der Waals surface area contributed by atoms with E-state index in [9.17, 15) is 0 Å². The topological polar surface area (TPSA) is 50.9 Å². The zero-order valence-corrected chi connectivity index (χ0v) is 7.54. The van der Waals surface area contributed by atoms with Crippen molar-refractivity contribution >= 4 is 5.69 Å². The van der Waals surface area contributed by atoms with Crippen LogP contribution in [-0.4, -0.2) is 17.6 Å². The number of nitrogens with two attached hydrogens (primary N) is 1. The lowest BCUT2D eigenvalue weighted by molar-refractivity contribution is 0.802. The van der Waals surface area contributed by atoms with E-state index in [0.717, 1.165) is 5.69 Å². The minimum atomic E-state index is 0.299. The molecule has 0 aromatic carbocycles. The summed E-state index contributed by atoms with van der Waals surface area (Å²) in [6.07, 6.45) is 3.61. The standard InChI is InChI=1S/C9H15N3/c1-7-3-4-11-6-9(7)12-8(2)5-10/h3-4,6,8,12H,5,10H2,1-2H3. The molecule has 0 radical (unpaired) electrons. The smallest absolute Gasteiger partial charge is 0.0558 e. The number of rotatable bonds is 3. The van der Waals surface area contributed by atoms with E-state index >= 15 is 0 Å². The first-order valence-corrected chi connectivity index (χ1v) is 4.11. The molecule has 0 amide bonds. The van der Waals surface area contributed by atoms with Crippen molar-refractivity contribution in [2.75, 3.05) is 11.9 Å². The molecule has 1 aromatic heterocycles. The van der Waals surface area contributed by atoms with E-state index in [1.54, 1.807) is 6.20 Å². The largest absolute Gasteiger partial charge is 0.380 e. The number of hydrogen-bond acceptors (Lipinski definition) is 3. The Balaban J connectivity index is 2.69. The summed E-state index contributed by atoms with van der Waals surface area (Å²) in [7, 11) is 0. The lowest BCUT2D eigenvalue weighted by Gasteiger charge is -2.13. The third kappa shape index (κ3) is 2.20. The van der Waals surface area contributed by atoms with Gasteiger partial charge in [0.1, 0.15) is 0 Å². The number of hydrogen-bond donors (Lipinski definition) is 2. The van der Waals surface area contributed by atoms with E-state index in [0.29, 0.717) is 12.6 Å². The van der Waals surface area contributed by atoms with Gasteiger partial charge in [-0.25, -0.2) is 0 Å². The van der Waals surface area contributed by atoms with Crippen LogP contribution in [0.25, 0.3) is 0 Å². The van der Waals surface area contributed by atoms with Gasteiger partial charge in [-0.1, -0.05) is 0 Å². The van der Waals surface area contributed by atoms with Gasteiger partial charge in [0.15, 0.2) is 0 Å². The SMILES string of the molecule is Cc1ccncc1NC(C)CN. The Labute approximate surface area is 73.0 Å². The molecule has 1 aromatic rings. The van der Waals surface area contributed by atoms with Gasteiger partial charge >= 0.3 is 0 Å². The minimum Gasteiger partial charge on any atom is -0.380 e. The van der Waals surface area contributed by atoms with Gasteiger partial charge in [-0.15, -0.1) is 0 Å². The Morgan fingerprint density at radius 2 is 2.42 bits per heavy atom. The summed E-state index contributed by atoms with van der Waals surface area (Å²) in [4.78, 5) is 4.03. The lowest BCUT2D eigenvalue weighted by Crippen LogP contribution is -2.25. The molecular weight excluding hydrogens is 150 g/mol. The van der Waals surface area contributed by atoms with Crippen LogP contribution >= 0.6 is 0 Å². The highest BCUT2D eigenvalue weighted by atomic mass is 14.9. The van der Waals surface area contributed by atoms with E-state index in [1.165, 1.54) is 5.56 Å². The summed E-state index contributed by atoms with van der Waals surface area (Å²) in [5.41, 5.74) is 7.75. The third-order valence-electron chi connectivity index (χ3n) is 1.79. The molecule has 0 saturated carbocycles. The maximum absolute atomic E-state index is 5.49. The normalized spacial score (nSPS) is 12.6. The van der Waals surface area contributed by atoms with Crippen LogP contribution < -0.4 is 11.1 Å². The molecule has 0 bridgehead atoms. The third-order valence-corrected chi connectivity index (χ3v) is 1.79. The first-order chi connectivity index (χ1) is 5.74. The van der Waals surface area contributed by atoms with E-state index in [-0.39, 0.29) is 0 Å². The van der Waals surface area contributed by atoms with E-state index in [4.69, 9.17) is 5.73 Å². The number of aromatic nitrogens is 1. The highest BCUT2D eigenvalue weighted by Gasteiger charge is 2.00. The van der Waals surface area contributed by atoms with Crippen LogP contribution in [0.15, 0.2) is 18.5 Å². The molecule has 3 heteroatoms. The van der Waals surface area contributed by atoms with Crippen molar-refractivity contribution in [3.63, 3.8) is 0 Å². The Bertz CT molecular complexity index is 247. The van der Waals surface area contributed by atoms with Gasteiger partial charge < -0.3 is 11.1 Å². The second-order valence-electron chi connectivity index (χ2n) is 2.97. The van der Waals surface area contributed by atoms with Crippen LogP contribution in [0, 0.1) is 6.92 Å². The summed E-state index contributed by atoms with van der Waals surface area (Å²) in [6, 6.07) is 2.28. The Morgan fingerprint density at radius 3 is 3.00 bits per heavy atom. The second kappa shape index (κ2) is 4.07. The minimum absolute atomic E-state index is 0.299. The molecule has 3 nitrogen and oxygen atoms in total. The fourth-order valence-electron chi connectivity index (χ4n) is 0.939. The average molecular weight is 165 g/mol. The fraction of sp³-hybridized carbons (Fsp3) is 0.444. The van der Waals surface area contributed by atoms with Crippen molar-refractivity contribution < 1.29 is 0 Å². The first kappa shape index (κ1) is 9.00. The highest BCUT2D eigenvalue weighted by molar-refractivity contribution is 5.48. The molecule has 0 aliphatic heterocycles. The van der Waals surface area contributed by atoms with Crippen LogP contribution in [0.2, 0.25) is 0 Å². The molecule has 1 atom stereocenters. The maximum Gasteiger partial charge on any atom is 0.0558 e. The van der Waals surface area contributed by atoms with Gasteiger partial charge in [-0.05, 0) is 25.5 Å². The van der Waals surface area contributed by atoms with Crippen LogP contribution in [0.4, 0.5) is 5.69 Å². The van der Waals surface area contributed by atoms with Crippen LogP contribution in [-0.2, 0) is 0 Å². The van der Waals surface area contributed by atoms with Crippen molar-refractivity contribution in [2.24, 2.45) is 5.73 Å². The monoisotopic (exact) mass is 165 g/mol. The molecule has 0 spiro atoms. The molecule has 0 saturated heterocycles. The molecule has 1 heterocycles. The highest BCUT2D eigenvalue weighted by Crippen LogP contribution is 2.11. The van der Waals surface area contributed by atoms with E-state index in [1.807, 2.05) is 26.1 Å². The number of pyridine rings is 1. The molecule has 66 valence electrons. The molecule has 1 unspecified atom stereocenters. The predicted octanol–water partition coefficient (Wildman–Crippen LogP) is 1.15. The quantitative estimate of drug-likeness (QED) is 0.706. The van der Waals surface area contributed by atoms with E-state index < -0.39 is 0 Å². The first-order valence-electron chi connectivity index (χ1n) is 4.11. The summed E-state index contributed by atoms with van der Waals surface area (Å²) in [5.74, 6) is 0. The van der Waals surface area contributed by atoms with Crippen molar-refractivity contribution in [1.82, 2.24) is 4.98 Å². The molecule has 1 rings (SSSR count). The summed E-state index contributed by atoms with van der Waals surface area (Å²) >= 11 is 0. The van der Waals surface area contributed by atoms with Crippen molar-refractivity contribution in [2.45, 2.75) is 19.9 Å². The zero-order chi connectivity index (χ0) is 8.97. The van der Waals surface area contributed by atoms with E-state index in [2.05, 4.69) is 10.3 Å². The molecular formula is C9H15N3. The average Bonchev–Trinajstić information content (AvgIpc) is 2.09. The van der Waals surface area contributed by atoms with Gasteiger partial charge in [-0.2, -0.15) is 0 Å². The molecule has 0 aliphatic rings. The number of aryl methyl sites for hydroxylation is 1.